The molecular formula is C19H23BrN2O. The van der Waals surface area contributed by atoms with E-state index in [1.54, 1.807) is 0 Å². The first-order valence-electron chi connectivity index (χ1n) is 7.70. The van der Waals surface area contributed by atoms with Gasteiger partial charge < -0.3 is 10.6 Å². The SMILES string of the molecule is C[C@@H](NC(=O)Nc1ccccc1Br)c1ccc(C(C)(C)C)cc1. The number of carbonyl (C=O) groups is 1. The molecule has 2 amide bonds. The molecule has 0 unspecified atom stereocenters. The number of carbonyl (C=O) groups excluding carboxylic acids is 1. The molecule has 0 saturated carbocycles. The highest BCUT2D eigenvalue weighted by Gasteiger charge is 2.15. The number of anilines is 1. The first-order chi connectivity index (χ1) is 10.8. The van der Waals surface area contributed by atoms with Crippen LogP contribution in [0.1, 0.15) is 44.9 Å². The van der Waals surface area contributed by atoms with Crippen molar-refractivity contribution in [2.75, 3.05) is 5.32 Å². The van der Waals surface area contributed by atoms with E-state index in [-0.39, 0.29) is 17.5 Å². The zero-order valence-corrected chi connectivity index (χ0v) is 15.6. The number of benzene rings is 2. The van der Waals surface area contributed by atoms with E-state index in [1.165, 1.54) is 5.56 Å². The summed E-state index contributed by atoms with van der Waals surface area (Å²) < 4.78 is 0.859. The first kappa shape index (κ1) is 17.5. The number of nitrogens with one attached hydrogen (secondary N) is 2. The second-order valence-corrected chi connectivity index (χ2v) is 7.53. The molecule has 2 N–H and O–H groups in total. The fourth-order valence-electron chi connectivity index (χ4n) is 2.27. The topological polar surface area (TPSA) is 41.1 Å². The summed E-state index contributed by atoms with van der Waals surface area (Å²) in [7, 11) is 0. The average Bonchev–Trinajstić information content (AvgIpc) is 2.49. The van der Waals surface area contributed by atoms with Crippen molar-refractivity contribution in [1.82, 2.24) is 5.32 Å². The van der Waals surface area contributed by atoms with Gasteiger partial charge in [0, 0.05) is 4.47 Å². The van der Waals surface area contributed by atoms with Crippen LogP contribution in [0.25, 0.3) is 0 Å². The fraction of sp³-hybridized carbons (Fsp3) is 0.316. The van der Waals surface area contributed by atoms with Gasteiger partial charge in [0.15, 0.2) is 0 Å². The lowest BCUT2D eigenvalue weighted by atomic mass is 9.86. The van der Waals surface area contributed by atoms with Gasteiger partial charge in [-0.3, -0.25) is 0 Å². The minimum atomic E-state index is -0.218. The molecule has 0 aliphatic heterocycles. The van der Waals surface area contributed by atoms with Gasteiger partial charge in [0.25, 0.3) is 0 Å². The van der Waals surface area contributed by atoms with Crippen LogP contribution in [-0.4, -0.2) is 6.03 Å². The molecule has 2 rings (SSSR count). The second-order valence-electron chi connectivity index (χ2n) is 6.67. The van der Waals surface area contributed by atoms with Gasteiger partial charge in [-0.2, -0.15) is 0 Å². The molecule has 2 aromatic carbocycles. The second kappa shape index (κ2) is 7.18. The van der Waals surface area contributed by atoms with Gasteiger partial charge in [-0.1, -0.05) is 57.2 Å². The lowest BCUT2D eigenvalue weighted by Gasteiger charge is -2.21. The summed E-state index contributed by atoms with van der Waals surface area (Å²) in [5.74, 6) is 0. The zero-order chi connectivity index (χ0) is 17.0. The largest absolute Gasteiger partial charge is 0.331 e. The lowest BCUT2D eigenvalue weighted by Crippen LogP contribution is -2.31. The Morgan fingerprint density at radius 3 is 2.22 bits per heavy atom. The van der Waals surface area contributed by atoms with Crippen LogP contribution >= 0.6 is 15.9 Å². The summed E-state index contributed by atoms with van der Waals surface area (Å²) in [6.07, 6.45) is 0. The van der Waals surface area contributed by atoms with Gasteiger partial charge in [-0.05, 0) is 51.5 Å². The molecule has 0 spiro atoms. The molecule has 0 saturated heterocycles. The van der Waals surface area contributed by atoms with E-state index >= 15 is 0 Å². The standard InChI is InChI=1S/C19H23BrN2O/c1-13(14-9-11-15(12-10-14)19(2,3)4)21-18(23)22-17-8-6-5-7-16(17)20/h5-13H,1-4H3,(H2,21,22,23)/t13-/m1/s1. The van der Waals surface area contributed by atoms with E-state index in [1.807, 2.05) is 31.2 Å². The number of hydrogen-bond donors (Lipinski definition) is 2. The molecule has 4 heteroatoms. The summed E-state index contributed by atoms with van der Waals surface area (Å²) in [4.78, 5) is 12.1. The van der Waals surface area contributed by atoms with Gasteiger partial charge in [-0.15, -0.1) is 0 Å². The van der Waals surface area contributed by atoms with E-state index in [2.05, 4.69) is 71.6 Å². The Morgan fingerprint density at radius 2 is 1.65 bits per heavy atom. The van der Waals surface area contributed by atoms with Crippen LogP contribution in [0, 0.1) is 0 Å². The van der Waals surface area contributed by atoms with E-state index in [9.17, 15) is 4.79 Å². The summed E-state index contributed by atoms with van der Waals surface area (Å²) in [5, 5.41) is 5.81. The van der Waals surface area contributed by atoms with Crippen molar-refractivity contribution in [3.05, 3.63) is 64.1 Å². The summed E-state index contributed by atoms with van der Waals surface area (Å²) in [6, 6.07) is 15.7. The maximum absolute atomic E-state index is 12.1. The van der Waals surface area contributed by atoms with Crippen molar-refractivity contribution >= 4 is 27.6 Å². The summed E-state index contributed by atoms with van der Waals surface area (Å²) >= 11 is 3.42. The van der Waals surface area contributed by atoms with Crippen molar-refractivity contribution in [2.45, 2.75) is 39.2 Å². The maximum atomic E-state index is 12.1. The van der Waals surface area contributed by atoms with Crippen LogP contribution in [0.2, 0.25) is 0 Å². The van der Waals surface area contributed by atoms with E-state index in [0.717, 1.165) is 15.7 Å². The lowest BCUT2D eigenvalue weighted by molar-refractivity contribution is 0.249. The monoisotopic (exact) mass is 374 g/mol. The molecule has 3 nitrogen and oxygen atoms in total. The van der Waals surface area contributed by atoms with Crippen LogP contribution < -0.4 is 10.6 Å². The minimum absolute atomic E-state index is 0.0634. The molecular weight excluding hydrogens is 352 g/mol. The smallest absolute Gasteiger partial charge is 0.319 e. The van der Waals surface area contributed by atoms with Crippen LogP contribution in [-0.2, 0) is 5.41 Å². The molecule has 2 aromatic rings. The van der Waals surface area contributed by atoms with Gasteiger partial charge in [0.2, 0.25) is 0 Å². The Balaban J connectivity index is 2.00. The molecule has 122 valence electrons. The zero-order valence-electron chi connectivity index (χ0n) is 14.0. The van der Waals surface area contributed by atoms with Crippen LogP contribution in [0.15, 0.2) is 53.0 Å². The number of hydrogen-bond acceptors (Lipinski definition) is 1. The predicted molar refractivity (Wildman–Crippen MR) is 99.9 cm³/mol. The Labute approximate surface area is 146 Å². The van der Waals surface area contributed by atoms with E-state index in [4.69, 9.17) is 0 Å². The third kappa shape index (κ3) is 4.83. The van der Waals surface area contributed by atoms with Crippen molar-refractivity contribution in [1.29, 1.82) is 0 Å². The van der Waals surface area contributed by atoms with Crippen LogP contribution in [0.4, 0.5) is 10.5 Å². The number of urea groups is 1. The third-order valence-corrected chi connectivity index (χ3v) is 4.44. The van der Waals surface area contributed by atoms with Gasteiger partial charge in [-0.25, -0.2) is 4.79 Å². The molecule has 0 aromatic heterocycles. The molecule has 0 fully saturated rings. The van der Waals surface area contributed by atoms with Crippen molar-refractivity contribution < 1.29 is 4.79 Å². The van der Waals surface area contributed by atoms with Crippen LogP contribution in [0.3, 0.4) is 0 Å². The van der Waals surface area contributed by atoms with E-state index < -0.39 is 0 Å². The van der Waals surface area contributed by atoms with Crippen LogP contribution in [0.5, 0.6) is 0 Å². The Kier molecular flexibility index (Phi) is 5.47. The average molecular weight is 375 g/mol. The van der Waals surface area contributed by atoms with Crippen molar-refractivity contribution in [3.63, 3.8) is 0 Å². The Hall–Kier alpha value is -1.81. The predicted octanol–water partition coefficient (Wildman–Crippen LogP) is 5.63. The molecule has 0 aliphatic carbocycles. The highest BCUT2D eigenvalue weighted by Crippen LogP contribution is 2.24. The van der Waals surface area contributed by atoms with Gasteiger partial charge in [0.05, 0.1) is 11.7 Å². The third-order valence-electron chi connectivity index (χ3n) is 3.75. The summed E-state index contributed by atoms with van der Waals surface area (Å²) in [6.45, 7) is 8.55. The molecule has 0 aliphatic rings. The number of rotatable bonds is 3. The quantitative estimate of drug-likeness (QED) is 0.717. The van der Waals surface area contributed by atoms with Crippen molar-refractivity contribution in [2.24, 2.45) is 0 Å². The fourth-order valence-corrected chi connectivity index (χ4v) is 2.66. The maximum Gasteiger partial charge on any atom is 0.319 e. The minimum Gasteiger partial charge on any atom is -0.331 e. The molecule has 0 radical (unpaired) electrons. The first-order valence-corrected chi connectivity index (χ1v) is 8.49. The highest BCUT2D eigenvalue weighted by atomic mass is 79.9. The number of amides is 2. The molecule has 0 bridgehead atoms. The Morgan fingerprint density at radius 1 is 1.04 bits per heavy atom. The van der Waals surface area contributed by atoms with Gasteiger partial charge in [0.1, 0.15) is 0 Å². The molecule has 1 atom stereocenters. The van der Waals surface area contributed by atoms with E-state index in [0.29, 0.717) is 0 Å². The van der Waals surface area contributed by atoms with Crippen molar-refractivity contribution in [3.8, 4) is 0 Å². The number of para-hydroxylation sites is 1. The molecule has 0 heterocycles. The summed E-state index contributed by atoms with van der Waals surface area (Å²) in [5.41, 5.74) is 3.25. The Bertz CT molecular complexity index is 675. The highest BCUT2D eigenvalue weighted by molar-refractivity contribution is 9.10. The normalized spacial score (nSPS) is 12.6. The molecule has 23 heavy (non-hydrogen) atoms. The van der Waals surface area contributed by atoms with Gasteiger partial charge >= 0.3 is 6.03 Å². The number of halogens is 1.